The first-order chi connectivity index (χ1) is 13.0. The molecule has 8 heteroatoms. The lowest BCUT2D eigenvalue weighted by Gasteiger charge is -2.37. The van der Waals surface area contributed by atoms with E-state index in [2.05, 4.69) is 20.4 Å². The van der Waals surface area contributed by atoms with E-state index in [1.807, 2.05) is 6.92 Å². The van der Waals surface area contributed by atoms with E-state index >= 15 is 0 Å². The Kier molecular flexibility index (Phi) is 6.57. The Bertz CT molecular complexity index is 688. The molecule has 0 bridgehead atoms. The number of amides is 2. The topological polar surface area (TPSA) is 73.9 Å². The third-order valence-electron chi connectivity index (χ3n) is 5.06. The Morgan fingerprint density at radius 1 is 1.26 bits per heavy atom. The van der Waals surface area contributed by atoms with Crippen molar-refractivity contribution in [2.45, 2.75) is 31.8 Å². The van der Waals surface area contributed by atoms with Crippen LogP contribution in [0.1, 0.15) is 19.8 Å². The van der Waals surface area contributed by atoms with Crippen LogP contribution in [0.4, 0.5) is 5.69 Å². The molecule has 148 valence electrons. The third kappa shape index (κ3) is 5.57. The summed E-state index contributed by atoms with van der Waals surface area (Å²) in [4.78, 5) is 28.7. The predicted octanol–water partition coefficient (Wildman–Crippen LogP) is 1.57. The molecule has 1 saturated heterocycles. The van der Waals surface area contributed by atoms with Gasteiger partial charge >= 0.3 is 0 Å². The van der Waals surface area contributed by atoms with Crippen molar-refractivity contribution in [3.8, 4) is 5.75 Å². The zero-order valence-electron chi connectivity index (χ0n) is 15.8. The summed E-state index contributed by atoms with van der Waals surface area (Å²) in [5, 5.41) is 6.38. The van der Waals surface area contributed by atoms with E-state index in [0.717, 1.165) is 39.0 Å². The van der Waals surface area contributed by atoms with Crippen LogP contribution in [-0.2, 0) is 9.59 Å². The molecule has 2 amide bonds. The fraction of sp³-hybridized carbons (Fsp3) is 0.579. The highest BCUT2D eigenvalue weighted by atomic mass is 35.5. The maximum Gasteiger partial charge on any atom is 0.241 e. The maximum absolute atomic E-state index is 12.6. The lowest BCUT2D eigenvalue weighted by atomic mass is 10.2. The van der Waals surface area contributed by atoms with Crippen LogP contribution in [0.25, 0.3) is 0 Å². The fourth-order valence-electron chi connectivity index (χ4n) is 3.17. The Morgan fingerprint density at radius 3 is 2.56 bits per heavy atom. The Balaban J connectivity index is 1.45. The Labute approximate surface area is 165 Å². The second kappa shape index (κ2) is 8.91. The fourth-order valence-corrected chi connectivity index (χ4v) is 3.43. The monoisotopic (exact) mass is 394 g/mol. The van der Waals surface area contributed by atoms with E-state index in [1.165, 1.54) is 0 Å². The van der Waals surface area contributed by atoms with Crippen LogP contribution in [0.5, 0.6) is 5.75 Å². The summed E-state index contributed by atoms with van der Waals surface area (Å²) in [6, 6.07) is 5.32. The van der Waals surface area contributed by atoms with E-state index < -0.39 is 0 Å². The molecule has 1 aromatic rings. The van der Waals surface area contributed by atoms with Crippen LogP contribution in [0.2, 0.25) is 5.02 Å². The van der Waals surface area contributed by atoms with Crippen LogP contribution in [0, 0.1) is 0 Å². The van der Waals surface area contributed by atoms with Gasteiger partial charge in [-0.1, -0.05) is 11.6 Å². The van der Waals surface area contributed by atoms with Crippen LogP contribution >= 0.6 is 11.6 Å². The molecule has 1 aromatic carbocycles. The maximum atomic E-state index is 12.6. The summed E-state index contributed by atoms with van der Waals surface area (Å²) < 4.78 is 5.12. The molecule has 0 unspecified atom stereocenters. The third-order valence-corrected chi connectivity index (χ3v) is 5.36. The van der Waals surface area contributed by atoms with E-state index in [9.17, 15) is 9.59 Å². The summed E-state index contributed by atoms with van der Waals surface area (Å²) in [6.45, 7) is 5.42. The van der Waals surface area contributed by atoms with E-state index in [4.69, 9.17) is 16.3 Å². The van der Waals surface area contributed by atoms with Gasteiger partial charge in [-0.25, -0.2) is 0 Å². The van der Waals surface area contributed by atoms with E-state index in [1.54, 1.807) is 25.3 Å². The highest BCUT2D eigenvalue weighted by Gasteiger charge is 2.28. The number of carbonyl (C=O) groups excluding carboxylic acids is 2. The van der Waals surface area contributed by atoms with Crippen molar-refractivity contribution in [1.82, 2.24) is 15.1 Å². The van der Waals surface area contributed by atoms with E-state index in [0.29, 0.717) is 29.0 Å². The summed E-state index contributed by atoms with van der Waals surface area (Å²) in [7, 11) is 1.55. The summed E-state index contributed by atoms with van der Waals surface area (Å²) in [5.41, 5.74) is 0.646. The van der Waals surface area contributed by atoms with Gasteiger partial charge in [0.25, 0.3) is 0 Å². The lowest BCUT2D eigenvalue weighted by Crippen LogP contribution is -2.54. The van der Waals surface area contributed by atoms with Crippen molar-refractivity contribution in [2.75, 3.05) is 45.2 Å². The quantitative estimate of drug-likeness (QED) is 0.734. The average Bonchev–Trinajstić information content (AvgIpc) is 3.45. The molecule has 7 nitrogen and oxygen atoms in total. The second-order valence-electron chi connectivity index (χ2n) is 7.17. The molecule has 3 rings (SSSR count). The molecule has 1 atom stereocenters. The lowest BCUT2D eigenvalue weighted by molar-refractivity contribution is -0.124. The smallest absolute Gasteiger partial charge is 0.241 e. The number of piperazine rings is 1. The molecular weight excluding hydrogens is 368 g/mol. The number of halogens is 1. The standard InChI is InChI=1S/C19H27ClN4O3/c1-13(19(26)22-15-5-6-17(27-2)16(20)11-15)24-9-7-23(8-10-24)12-18(25)21-14-3-4-14/h5-6,11,13-14H,3-4,7-10,12H2,1-2H3,(H,21,25)(H,22,26)/t13-/m1/s1. The summed E-state index contributed by atoms with van der Waals surface area (Å²) in [6.07, 6.45) is 2.21. The minimum atomic E-state index is -0.256. The number of nitrogens with zero attached hydrogens (tertiary/aromatic N) is 2. The van der Waals surface area contributed by atoms with Gasteiger partial charge in [0, 0.05) is 37.9 Å². The zero-order valence-corrected chi connectivity index (χ0v) is 16.6. The first-order valence-electron chi connectivity index (χ1n) is 9.36. The van der Waals surface area contributed by atoms with Crippen molar-refractivity contribution in [3.05, 3.63) is 23.2 Å². The molecule has 0 radical (unpaired) electrons. The van der Waals surface area contributed by atoms with Gasteiger partial charge in [-0.05, 0) is 38.0 Å². The van der Waals surface area contributed by atoms with Crippen molar-refractivity contribution in [2.24, 2.45) is 0 Å². The van der Waals surface area contributed by atoms with Gasteiger partial charge in [-0.2, -0.15) is 0 Å². The van der Waals surface area contributed by atoms with Crippen molar-refractivity contribution in [3.63, 3.8) is 0 Å². The number of rotatable bonds is 7. The molecule has 27 heavy (non-hydrogen) atoms. The average molecular weight is 395 g/mol. The Morgan fingerprint density at radius 2 is 1.96 bits per heavy atom. The van der Waals surface area contributed by atoms with Gasteiger partial charge in [0.05, 0.1) is 24.7 Å². The van der Waals surface area contributed by atoms with Crippen molar-refractivity contribution >= 4 is 29.1 Å². The van der Waals surface area contributed by atoms with Crippen LogP contribution in [-0.4, -0.2) is 73.5 Å². The number of hydrogen-bond acceptors (Lipinski definition) is 5. The van der Waals surface area contributed by atoms with Crippen LogP contribution < -0.4 is 15.4 Å². The molecule has 1 aliphatic carbocycles. The van der Waals surface area contributed by atoms with Crippen LogP contribution in [0.15, 0.2) is 18.2 Å². The molecule has 2 aliphatic rings. The van der Waals surface area contributed by atoms with Gasteiger partial charge in [0.15, 0.2) is 0 Å². The normalized spacial score (nSPS) is 19.4. The van der Waals surface area contributed by atoms with Gasteiger partial charge in [0.1, 0.15) is 5.75 Å². The first-order valence-corrected chi connectivity index (χ1v) is 9.74. The number of benzene rings is 1. The molecule has 0 aromatic heterocycles. The number of methoxy groups -OCH3 is 1. The van der Waals surface area contributed by atoms with Gasteiger partial charge in [-0.15, -0.1) is 0 Å². The molecular formula is C19H27ClN4O3. The zero-order chi connectivity index (χ0) is 19.4. The van der Waals surface area contributed by atoms with Gasteiger partial charge in [-0.3, -0.25) is 19.4 Å². The molecule has 2 N–H and O–H groups in total. The highest BCUT2D eigenvalue weighted by Crippen LogP contribution is 2.27. The molecule has 1 heterocycles. The molecule has 1 aliphatic heterocycles. The minimum Gasteiger partial charge on any atom is -0.495 e. The summed E-state index contributed by atoms with van der Waals surface area (Å²) >= 11 is 6.11. The van der Waals surface area contributed by atoms with Gasteiger partial charge in [0.2, 0.25) is 11.8 Å². The highest BCUT2D eigenvalue weighted by molar-refractivity contribution is 6.32. The van der Waals surface area contributed by atoms with Crippen LogP contribution in [0.3, 0.4) is 0 Å². The largest absolute Gasteiger partial charge is 0.495 e. The summed E-state index contributed by atoms with van der Waals surface area (Å²) in [5.74, 6) is 0.605. The number of hydrogen-bond donors (Lipinski definition) is 2. The van der Waals surface area contributed by atoms with Crippen molar-refractivity contribution in [1.29, 1.82) is 0 Å². The molecule has 1 saturated carbocycles. The number of carbonyl (C=O) groups is 2. The first kappa shape index (κ1) is 19.9. The van der Waals surface area contributed by atoms with Crippen molar-refractivity contribution < 1.29 is 14.3 Å². The second-order valence-corrected chi connectivity index (χ2v) is 7.58. The molecule has 0 spiro atoms. The van der Waals surface area contributed by atoms with Gasteiger partial charge < -0.3 is 15.4 Å². The Hall–Kier alpha value is -1.83. The predicted molar refractivity (Wildman–Crippen MR) is 105 cm³/mol. The molecule has 2 fully saturated rings. The SMILES string of the molecule is COc1ccc(NC(=O)[C@@H](C)N2CCN(CC(=O)NC3CC3)CC2)cc1Cl. The minimum absolute atomic E-state index is 0.0730. The number of ether oxygens (including phenoxy) is 1. The number of nitrogens with one attached hydrogen (secondary N) is 2. The number of anilines is 1. The van der Waals surface area contributed by atoms with E-state index in [-0.39, 0.29) is 17.9 Å².